The molecule has 1 fully saturated rings. The summed E-state index contributed by atoms with van der Waals surface area (Å²) in [6.45, 7) is 1.94. The zero-order chi connectivity index (χ0) is 19.6. The van der Waals surface area contributed by atoms with Gasteiger partial charge in [-0.05, 0) is 31.9 Å². The Morgan fingerprint density at radius 3 is 2.46 bits per heavy atom. The summed E-state index contributed by atoms with van der Waals surface area (Å²) in [5.41, 5.74) is 2.83. The van der Waals surface area contributed by atoms with Gasteiger partial charge in [0.05, 0.1) is 17.1 Å². The minimum atomic E-state index is -3.57. The zero-order valence-electron chi connectivity index (χ0n) is 15.8. The van der Waals surface area contributed by atoms with Crippen molar-refractivity contribution in [3.8, 4) is 11.3 Å². The minimum Gasteiger partial charge on any atom is -0.247 e. The molecule has 146 valence electrons. The van der Waals surface area contributed by atoms with Gasteiger partial charge in [0, 0.05) is 11.6 Å². The average molecular weight is 397 g/mol. The molecule has 1 N–H and O–H groups in total. The molecule has 0 saturated heterocycles. The van der Waals surface area contributed by atoms with Crippen LogP contribution in [0.2, 0.25) is 0 Å². The van der Waals surface area contributed by atoms with Gasteiger partial charge in [-0.2, -0.15) is 0 Å². The average Bonchev–Trinajstić information content (AvgIpc) is 3.19. The summed E-state index contributed by atoms with van der Waals surface area (Å²) in [5, 5.41) is 8.61. The van der Waals surface area contributed by atoms with E-state index in [0.29, 0.717) is 4.90 Å². The highest BCUT2D eigenvalue weighted by molar-refractivity contribution is 7.89. The van der Waals surface area contributed by atoms with Gasteiger partial charge >= 0.3 is 0 Å². The third-order valence-electron chi connectivity index (χ3n) is 5.29. The molecule has 1 aliphatic rings. The van der Waals surface area contributed by atoms with E-state index in [4.69, 9.17) is 0 Å². The van der Waals surface area contributed by atoms with E-state index in [1.807, 2.05) is 60.3 Å². The molecule has 4 rings (SSSR count). The summed E-state index contributed by atoms with van der Waals surface area (Å²) in [5.74, 6) is 0. The molecule has 1 heterocycles. The molecular formula is C21H24N4O2S. The topological polar surface area (TPSA) is 76.9 Å². The van der Waals surface area contributed by atoms with Gasteiger partial charge in [-0.1, -0.05) is 66.1 Å². The molecule has 0 bridgehead atoms. The van der Waals surface area contributed by atoms with Crippen LogP contribution >= 0.6 is 0 Å². The number of benzene rings is 2. The van der Waals surface area contributed by atoms with Crippen LogP contribution in [0.5, 0.6) is 0 Å². The van der Waals surface area contributed by atoms with Crippen LogP contribution in [0.3, 0.4) is 0 Å². The highest BCUT2D eigenvalue weighted by Crippen LogP contribution is 2.30. The van der Waals surface area contributed by atoms with Gasteiger partial charge in [0.15, 0.2) is 0 Å². The number of hydrogen-bond acceptors (Lipinski definition) is 4. The summed E-state index contributed by atoms with van der Waals surface area (Å²) < 4.78 is 30.5. The molecule has 1 aliphatic carbocycles. The van der Waals surface area contributed by atoms with Gasteiger partial charge in [0.2, 0.25) is 10.0 Å². The van der Waals surface area contributed by atoms with Gasteiger partial charge in [0.1, 0.15) is 5.69 Å². The van der Waals surface area contributed by atoms with Crippen molar-refractivity contribution in [2.24, 2.45) is 0 Å². The highest BCUT2D eigenvalue weighted by Gasteiger charge is 2.31. The second kappa shape index (κ2) is 7.85. The Kier molecular flexibility index (Phi) is 5.28. The highest BCUT2D eigenvalue weighted by atomic mass is 32.2. The number of aryl methyl sites for hydroxylation is 1. The predicted molar refractivity (Wildman–Crippen MR) is 108 cm³/mol. The van der Waals surface area contributed by atoms with Crippen molar-refractivity contribution in [3.05, 3.63) is 66.4 Å². The predicted octanol–water partition coefficient (Wildman–Crippen LogP) is 3.72. The van der Waals surface area contributed by atoms with Crippen LogP contribution in [-0.4, -0.2) is 29.5 Å². The van der Waals surface area contributed by atoms with E-state index in [9.17, 15) is 8.42 Å². The maximum atomic E-state index is 12.9. The number of sulfonamides is 1. The third-order valence-corrected chi connectivity index (χ3v) is 6.79. The van der Waals surface area contributed by atoms with Crippen molar-refractivity contribution in [1.82, 2.24) is 19.7 Å². The van der Waals surface area contributed by atoms with E-state index in [0.717, 1.165) is 42.5 Å². The molecule has 0 amide bonds. The number of nitrogens with one attached hydrogen (secondary N) is 1. The number of rotatable bonds is 5. The largest absolute Gasteiger partial charge is 0.247 e. The molecule has 0 aliphatic heterocycles. The first-order chi connectivity index (χ1) is 13.5. The summed E-state index contributed by atoms with van der Waals surface area (Å²) in [4.78, 5) is 0.297. The molecule has 2 atom stereocenters. The molecule has 2 aromatic carbocycles. The lowest BCUT2D eigenvalue weighted by atomic mass is 9.91. The van der Waals surface area contributed by atoms with Crippen LogP contribution in [0, 0.1) is 6.92 Å². The molecule has 6 nitrogen and oxygen atoms in total. The van der Waals surface area contributed by atoms with Crippen LogP contribution < -0.4 is 4.72 Å². The molecule has 28 heavy (non-hydrogen) atoms. The fourth-order valence-electron chi connectivity index (χ4n) is 3.73. The first-order valence-electron chi connectivity index (χ1n) is 9.59. The van der Waals surface area contributed by atoms with Crippen molar-refractivity contribution in [1.29, 1.82) is 0 Å². The van der Waals surface area contributed by atoms with E-state index in [-0.39, 0.29) is 12.1 Å². The van der Waals surface area contributed by atoms with Gasteiger partial charge < -0.3 is 0 Å². The number of hydrogen-bond donors (Lipinski definition) is 1. The molecule has 0 unspecified atom stereocenters. The van der Waals surface area contributed by atoms with Crippen LogP contribution in [0.25, 0.3) is 11.3 Å². The number of aromatic nitrogens is 3. The van der Waals surface area contributed by atoms with Crippen LogP contribution in [0.15, 0.2) is 65.7 Å². The molecule has 7 heteroatoms. The van der Waals surface area contributed by atoms with Crippen molar-refractivity contribution >= 4 is 10.0 Å². The lowest BCUT2D eigenvalue weighted by Gasteiger charge is -2.31. The third kappa shape index (κ3) is 4.00. The van der Waals surface area contributed by atoms with E-state index in [1.165, 1.54) is 0 Å². The second-order valence-corrected chi connectivity index (χ2v) is 9.06. The van der Waals surface area contributed by atoms with Crippen LogP contribution in [0.4, 0.5) is 0 Å². The number of nitrogens with zero attached hydrogens (tertiary/aromatic N) is 3. The van der Waals surface area contributed by atoms with Crippen LogP contribution in [-0.2, 0) is 10.0 Å². The molecule has 1 aromatic heterocycles. The normalized spacial score (nSPS) is 20.2. The lowest BCUT2D eigenvalue weighted by Crippen LogP contribution is -2.43. The monoisotopic (exact) mass is 396 g/mol. The van der Waals surface area contributed by atoms with Gasteiger partial charge in [-0.15, -0.1) is 5.10 Å². The van der Waals surface area contributed by atoms with Crippen LogP contribution in [0.1, 0.15) is 37.3 Å². The molecular weight excluding hydrogens is 372 g/mol. The Morgan fingerprint density at radius 2 is 1.71 bits per heavy atom. The van der Waals surface area contributed by atoms with E-state index < -0.39 is 10.0 Å². The van der Waals surface area contributed by atoms with E-state index in [1.54, 1.807) is 12.1 Å². The van der Waals surface area contributed by atoms with Crippen molar-refractivity contribution in [3.63, 3.8) is 0 Å². The smallest absolute Gasteiger partial charge is 0.240 e. The Hall–Kier alpha value is -2.51. The SMILES string of the molecule is Cc1ccc(S(=O)(=O)N[C@@H]2CCCC[C@@H]2n2cc(-c3ccccc3)nn2)cc1. The Balaban J connectivity index is 1.57. The second-order valence-electron chi connectivity index (χ2n) is 7.34. The van der Waals surface area contributed by atoms with Gasteiger partial charge in [0.25, 0.3) is 0 Å². The fourth-order valence-corrected chi connectivity index (χ4v) is 5.03. The standard InChI is InChI=1S/C21H24N4O2S/c1-16-11-13-18(14-12-16)28(26,27)23-19-9-5-6-10-21(19)25-15-20(22-24-25)17-7-3-2-4-8-17/h2-4,7-8,11-15,19,21,23H,5-6,9-10H2,1H3/t19-,21+/m1/s1. The minimum absolute atomic E-state index is 0.0427. The van der Waals surface area contributed by atoms with Crippen molar-refractivity contribution < 1.29 is 8.42 Å². The molecule has 0 spiro atoms. The first kappa shape index (κ1) is 18.8. The Morgan fingerprint density at radius 1 is 1.00 bits per heavy atom. The molecule has 0 radical (unpaired) electrons. The van der Waals surface area contributed by atoms with E-state index >= 15 is 0 Å². The van der Waals surface area contributed by atoms with Crippen molar-refractivity contribution in [2.75, 3.05) is 0 Å². The van der Waals surface area contributed by atoms with Crippen molar-refractivity contribution in [2.45, 2.75) is 49.6 Å². The summed E-state index contributed by atoms with van der Waals surface area (Å²) in [6.07, 6.45) is 5.62. The fraction of sp³-hybridized carbons (Fsp3) is 0.333. The molecule has 3 aromatic rings. The summed E-state index contributed by atoms with van der Waals surface area (Å²) >= 11 is 0. The first-order valence-corrected chi connectivity index (χ1v) is 11.1. The summed E-state index contributed by atoms with van der Waals surface area (Å²) in [6, 6.07) is 16.6. The Labute approximate surface area is 165 Å². The quantitative estimate of drug-likeness (QED) is 0.713. The van der Waals surface area contributed by atoms with Gasteiger partial charge in [-0.25, -0.2) is 17.8 Å². The zero-order valence-corrected chi connectivity index (χ0v) is 16.6. The lowest BCUT2D eigenvalue weighted by molar-refractivity contribution is 0.267. The maximum Gasteiger partial charge on any atom is 0.240 e. The maximum absolute atomic E-state index is 12.9. The summed E-state index contributed by atoms with van der Waals surface area (Å²) in [7, 11) is -3.57. The Bertz CT molecular complexity index is 1030. The molecule has 1 saturated carbocycles. The van der Waals surface area contributed by atoms with E-state index in [2.05, 4.69) is 15.0 Å². The van der Waals surface area contributed by atoms with Gasteiger partial charge in [-0.3, -0.25) is 0 Å².